The predicted molar refractivity (Wildman–Crippen MR) is 90.8 cm³/mol. The Morgan fingerprint density at radius 2 is 2.29 bits per heavy atom. The number of hydrogen-bond donors (Lipinski definition) is 2. The van der Waals surface area contributed by atoms with Gasteiger partial charge in [0.1, 0.15) is 5.69 Å². The van der Waals surface area contributed by atoms with Gasteiger partial charge in [-0.2, -0.15) is 11.8 Å². The van der Waals surface area contributed by atoms with Gasteiger partial charge in [0.2, 0.25) is 0 Å². The summed E-state index contributed by atoms with van der Waals surface area (Å²) < 4.78 is 5.50. The van der Waals surface area contributed by atoms with E-state index in [0.29, 0.717) is 18.8 Å². The summed E-state index contributed by atoms with van der Waals surface area (Å²) in [6.07, 6.45) is 4.78. The van der Waals surface area contributed by atoms with Crippen LogP contribution >= 0.6 is 35.5 Å². The van der Waals surface area contributed by atoms with Crippen LogP contribution in [-0.4, -0.2) is 48.2 Å². The first-order valence-corrected chi connectivity index (χ1v) is 8.85. The van der Waals surface area contributed by atoms with E-state index in [1.807, 2.05) is 11.8 Å². The fourth-order valence-corrected chi connectivity index (χ4v) is 3.77. The van der Waals surface area contributed by atoms with Crippen LogP contribution in [0.25, 0.3) is 0 Å². The lowest BCUT2D eigenvalue weighted by atomic mass is 9.99. The van der Waals surface area contributed by atoms with Gasteiger partial charge in [-0.3, -0.25) is 4.79 Å². The topological polar surface area (TPSA) is 77.2 Å². The molecule has 0 bridgehead atoms. The minimum absolute atomic E-state index is 0. The van der Waals surface area contributed by atoms with E-state index < -0.39 is 0 Å². The molecule has 3 N–H and O–H groups in total. The molecule has 2 heterocycles. The maximum absolute atomic E-state index is 12.1. The summed E-state index contributed by atoms with van der Waals surface area (Å²) in [5.41, 5.74) is 5.99. The maximum Gasteiger partial charge on any atom is 0.270 e. The molecule has 0 atom stereocenters. The molecule has 1 aromatic heterocycles. The molecule has 1 aliphatic rings. The van der Waals surface area contributed by atoms with Crippen LogP contribution in [0.5, 0.6) is 0 Å². The van der Waals surface area contributed by atoms with Crippen LogP contribution in [0.3, 0.4) is 0 Å². The first kappa shape index (κ1) is 18.7. The molecule has 120 valence electrons. The zero-order valence-corrected chi connectivity index (χ0v) is 14.5. The van der Waals surface area contributed by atoms with Crippen molar-refractivity contribution >= 4 is 41.4 Å². The maximum atomic E-state index is 12.1. The number of hydrogen-bond acceptors (Lipinski definition) is 6. The van der Waals surface area contributed by atoms with Crippen LogP contribution in [0, 0.1) is 0 Å². The van der Waals surface area contributed by atoms with Crippen LogP contribution in [0.1, 0.15) is 28.3 Å². The molecule has 0 spiro atoms. The van der Waals surface area contributed by atoms with E-state index in [0.717, 1.165) is 37.5 Å². The quantitative estimate of drug-likeness (QED) is 0.815. The second-order valence-corrected chi connectivity index (χ2v) is 7.06. The molecular formula is C13H22ClN3O2S2. The van der Waals surface area contributed by atoms with Crippen molar-refractivity contribution in [2.75, 3.05) is 32.6 Å². The number of thiazole rings is 1. The number of nitrogens with one attached hydrogen (secondary N) is 1. The van der Waals surface area contributed by atoms with E-state index >= 15 is 0 Å². The average molecular weight is 352 g/mol. The smallest absolute Gasteiger partial charge is 0.270 e. The molecule has 0 saturated carbocycles. The molecule has 0 radical (unpaired) electrons. The van der Waals surface area contributed by atoms with Crippen molar-refractivity contribution in [3.8, 4) is 0 Å². The molecule has 1 fully saturated rings. The van der Waals surface area contributed by atoms with Crippen molar-refractivity contribution in [1.82, 2.24) is 10.3 Å². The van der Waals surface area contributed by atoms with Crippen LogP contribution in [0.4, 0.5) is 0 Å². The van der Waals surface area contributed by atoms with Gasteiger partial charge < -0.3 is 15.8 Å². The molecule has 1 aliphatic heterocycles. The second kappa shape index (κ2) is 8.95. The van der Waals surface area contributed by atoms with E-state index in [9.17, 15) is 4.79 Å². The van der Waals surface area contributed by atoms with Crippen LogP contribution in [-0.2, 0) is 11.2 Å². The Balaban J connectivity index is 0.00000220. The standard InChI is InChI=1S/C13H21N3O2S2.ClH/c1-19-13(3-6-18-7-4-13)9-15-12(17)10-8-20-11(16-10)2-5-14;/h8H,2-7,9,14H2,1H3,(H,15,17);1H. The summed E-state index contributed by atoms with van der Waals surface area (Å²) in [6, 6.07) is 0. The summed E-state index contributed by atoms with van der Waals surface area (Å²) in [7, 11) is 0. The Bertz CT molecular complexity index is 450. The monoisotopic (exact) mass is 351 g/mol. The second-order valence-electron chi connectivity index (χ2n) is 4.85. The number of ether oxygens (including phenoxy) is 1. The third-order valence-electron chi connectivity index (χ3n) is 3.55. The molecule has 8 heteroatoms. The minimum Gasteiger partial charge on any atom is -0.381 e. The average Bonchev–Trinajstić information content (AvgIpc) is 2.95. The fourth-order valence-electron chi connectivity index (χ4n) is 2.18. The van der Waals surface area contributed by atoms with Crippen LogP contribution < -0.4 is 11.1 Å². The lowest BCUT2D eigenvalue weighted by Gasteiger charge is -2.35. The summed E-state index contributed by atoms with van der Waals surface area (Å²) in [4.78, 5) is 16.4. The highest BCUT2D eigenvalue weighted by Gasteiger charge is 2.32. The normalized spacial score (nSPS) is 17.0. The largest absolute Gasteiger partial charge is 0.381 e. The molecule has 2 rings (SSSR count). The van der Waals surface area contributed by atoms with Gasteiger partial charge >= 0.3 is 0 Å². The van der Waals surface area contributed by atoms with Gasteiger partial charge in [-0.1, -0.05) is 0 Å². The number of nitrogens with zero attached hydrogens (tertiary/aromatic N) is 1. The zero-order valence-electron chi connectivity index (χ0n) is 12.1. The van der Waals surface area contributed by atoms with Gasteiger partial charge in [-0.05, 0) is 25.6 Å². The summed E-state index contributed by atoms with van der Waals surface area (Å²) in [5.74, 6) is -0.0931. The number of thioether (sulfide) groups is 1. The molecule has 1 aromatic rings. The number of aromatic nitrogens is 1. The SMILES string of the molecule is CSC1(CNC(=O)c2csc(CCN)n2)CCOCC1.Cl. The minimum atomic E-state index is -0.0931. The van der Waals surface area contributed by atoms with Gasteiger partial charge in [0.05, 0.1) is 5.01 Å². The van der Waals surface area contributed by atoms with Gasteiger partial charge in [0, 0.05) is 36.3 Å². The molecule has 0 aromatic carbocycles. The van der Waals surface area contributed by atoms with Crippen molar-refractivity contribution in [3.63, 3.8) is 0 Å². The highest BCUT2D eigenvalue weighted by atomic mass is 35.5. The summed E-state index contributed by atoms with van der Waals surface area (Å²) in [6.45, 7) is 2.77. The van der Waals surface area contributed by atoms with E-state index in [1.54, 1.807) is 5.38 Å². The van der Waals surface area contributed by atoms with Gasteiger partial charge in [0.25, 0.3) is 5.91 Å². The number of carbonyl (C=O) groups excluding carboxylic acids is 1. The first-order valence-electron chi connectivity index (χ1n) is 6.75. The summed E-state index contributed by atoms with van der Waals surface area (Å²) in [5, 5.41) is 5.73. The van der Waals surface area contributed by atoms with Gasteiger partial charge in [-0.15, -0.1) is 23.7 Å². The Labute approximate surface area is 139 Å². The Morgan fingerprint density at radius 3 is 2.90 bits per heavy atom. The molecule has 21 heavy (non-hydrogen) atoms. The lowest BCUT2D eigenvalue weighted by molar-refractivity contribution is 0.0741. The fraction of sp³-hybridized carbons (Fsp3) is 0.692. The van der Waals surface area contributed by atoms with Crippen molar-refractivity contribution in [1.29, 1.82) is 0 Å². The predicted octanol–water partition coefficient (Wildman–Crippen LogP) is 1.71. The third-order valence-corrected chi connectivity index (χ3v) is 5.88. The number of nitrogens with two attached hydrogens (primary N) is 1. The Morgan fingerprint density at radius 1 is 1.57 bits per heavy atom. The first-order chi connectivity index (χ1) is 9.69. The van der Waals surface area contributed by atoms with Crippen molar-refractivity contribution in [3.05, 3.63) is 16.1 Å². The molecule has 5 nitrogen and oxygen atoms in total. The zero-order chi connectivity index (χ0) is 14.4. The number of carbonyl (C=O) groups is 1. The van der Waals surface area contributed by atoms with Crippen molar-refractivity contribution < 1.29 is 9.53 Å². The van der Waals surface area contributed by atoms with E-state index in [1.165, 1.54) is 11.3 Å². The Hall–Kier alpha value is -0.340. The van der Waals surface area contributed by atoms with Crippen LogP contribution in [0.15, 0.2) is 5.38 Å². The molecular weight excluding hydrogens is 330 g/mol. The lowest BCUT2D eigenvalue weighted by Crippen LogP contribution is -2.44. The third kappa shape index (κ3) is 5.10. The van der Waals surface area contributed by atoms with E-state index in [4.69, 9.17) is 10.5 Å². The van der Waals surface area contributed by atoms with Crippen molar-refractivity contribution in [2.24, 2.45) is 5.73 Å². The van der Waals surface area contributed by atoms with Gasteiger partial charge in [0.15, 0.2) is 0 Å². The van der Waals surface area contributed by atoms with Gasteiger partial charge in [-0.25, -0.2) is 4.98 Å². The number of amides is 1. The number of halogens is 1. The Kier molecular flexibility index (Phi) is 7.97. The molecule has 1 saturated heterocycles. The number of rotatable bonds is 6. The highest BCUT2D eigenvalue weighted by Crippen LogP contribution is 2.33. The van der Waals surface area contributed by atoms with Crippen molar-refractivity contribution in [2.45, 2.75) is 24.0 Å². The molecule has 0 aliphatic carbocycles. The van der Waals surface area contributed by atoms with E-state index in [-0.39, 0.29) is 23.1 Å². The van der Waals surface area contributed by atoms with Crippen LogP contribution in [0.2, 0.25) is 0 Å². The highest BCUT2D eigenvalue weighted by molar-refractivity contribution is 8.00. The molecule has 0 unspecified atom stereocenters. The molecule has 1 amide bonds. The van der Waals surface area contributed by atoms with E-state index in [2.05, 4.69) is 16.6 Å². The summed E-state index contributed by atoms with van der Waals surface area (Å²) >= 11 is 3.31.